The van der Waals surface area contributed by atoms with Gasteiger partial charge >= 0.3 is 6.18 Å². The van der Waals surface area contributed by atoms with Crippen LogP contribution in [0.5, 0.6) is 5.06 Å². The third kappa shape index (κ3) is 6.70. The number of alkyl halides is 3. The molecule has 0 aliphatic rings. The van der Waals surface area contributed by atoms with Crippen molar-refractivity contribution in [3.05, 3.63) is 58.5 Å². The Bertz CT molecular complexity index is 853. The summed E-state index contributed by atoms with van der Waals surface area (Å²) in [5.41, 5.74) is 0.0346. The van der Waals surface area contributed by atoms with E-state index in [-0.39, 0.29) is 0 Å². The Labute approximate surface area is 155 Å². The highest BCUT2D eigenvalue weighted by atomic mass is 32.1. The Morgan fingerprint density at radius 3 is 2.42 bits per heavy atom. The van der Waals surface area contributed by atoms with Crippen LogP contribution >= 0.6 is 11.3 Å². The Morgan fingerprint density at radius 2 is 1.77 bits per heavy atom. The Morgan fingerprint density at radius 1 is 1.04 bits per heavy atom. The molecule has 0 fully saturated rings. The fraction of sp³-hybridized carbons (Fsp3) is 0.238. The third-order valence-corrected chi connectivity index (χ3v) is 4.26. The Hall–Kier alpha value is -2.63. The van der Waals surface area contributed by atoms with E-state index in [0.29, 0.717) is 5.56 Å². The first-order chi connectivity index (χ1) is 12.5. The molecule has 0 spiro atoms. The molecule has 0 amide bonds. The largest absolute Gasteiger partial charge is 0.487 e. The molecule has 134 valence electrons. The van der Waals surface area contributed by atoms with Crippen LogP contribution in [0.1, 0.15) is 35.3 Å². The maximum absolute atomic E-state index is 12.5. The molecule has 0 N–H and O–H groups in total. The molecule has 0 radical (unpaired) electrons. The number of ether oxygens (including phenoxy) is 1. The first-order valence-electron chi connectivity index (χ1n) is 7.94. The minimum absolute atomic E-state index is 0.650. The average molecular weight is 374 g/mol. The third-order valence-electron chi connectivity index (χ3n) is 3.30. The van der Waals surface area contributed by atoms with Crippen LogP contribution in [0.3, 0.4) is 0 Å². The lowest BCUT2D eigenvalue weighted by molar-refractivity contribution is -0.137. The summed E-state index contributed by atoms with van der Waals surface area (Å²) in [5, 5.41) is 0.847. The summed E-state index contributed by atoms with van der Waals surface area (Å²) in [4.78, 5) is 0.979. The van der Waals surface area contributed by atoms with E-state index in [1.165, 1.54) is 23.5 Å². The number of rotatable bonds is 4. The highest BCUT2D eigenvalue weighted by Gasteiger charge is 2.29. The fourth-order valence-corrected chi connectivity index (χ4v) is 2.66. The number of hydrogen-bond acceptors (Lipinski definition) is 2. The molecule has 1 nitrogen and oxygen atoms in total. The van der Waals surface area contributed by atoms with E-state index in [1.807, 2.05) is 12.1 Å². The topological polar surface area (TPSA) is 9.23 Å². The summed E-state index contributed by atoms with van der Waals surface area (Å²) in [6, 6.07) is 8.81. The fourth-order valence-electron chi connectivity index (χ4n) is 1.96. The van der Waals surface area contributed by atoms with Crippen LogP contribution in [0, 0.1) is 23.7 Å². The van der Waals surface area contributed by atoms with E-state index in [2.05, 4.69) is 23.7 Å². The second-order valence-corrected chi connectivity index (χ2v) is 6.30. The van der Waals surface area contributed by atoms with Crippen molar-refractivity contribution in [2.24, 2.45) is 0 Å². The summed E-state index contributed by atoms with van der Waals surface area (Å²) in [5.74, 6) is 12.1. The zero-order chi connectivity index (χ0) is 18.8. The molecule has 0 saturated carbocycles. The normalized spacial score (nSPS) is 10.8. The number of methoxy groups -OCH3 is 1. The van der Waals surface area contributed by atoms with Crippen LogP contribution in [0.15, 0.2) is 42.5 Å². The van der Waals surface area contributed by atoms with Crippen LogP contribution < -0.4 is 4.74 Å². The van der Waals surface area contributed by atoms with Crippen molar-refractivity contribution < 1.29 is 17.9 Å². The smallest absolute Gasteiger partial charge is 0.416 e. The lowest BCUT2D eigenvalue weighted by atomic mass is 10.1. The zero-order valence-corrected chi connectivity index (χ0v) is 15.0. The molecule has 2 rings (SSSR count). The molecule has 26 heavy (non-hydrogen) atoms. The van der Waals surface area contributed by atoms with Crippen LogP contribution in [-0.4, -0.2) is 7.11 Å². The van der Waals surface area contributed by atoms with Gasteiger partial charge in [-0.3, -0.25) is 0 Å². The first-order valence-corrected chi connectivity index (χ1v) is 8.75. The highest BCUT2D eigenvalue weighted by Crippen LogP contribution is 2.29. The summed E-state index contributed by atoms with van der Waals surface area (Å²) >= 11 is 1.51. The summed E-state index contributed by atoms with van der Waals surface area (Å²) in [7, 11) is 1.63. The standard InChI is InChI=1S/C21H17F3OS/c1-25-20-16-15-19(26-20)10-8-6-4-2-3-5-7-9-17-11-13-18(14-12-17)21(22,23)24/h7,9,11-16H,2,4,6H2,1H3/b9-7+. The highest BCUT2D eigenvalue weighted by molar-refractivity contribution is 7.14. The van der Waals surface area contributed by atoms with Crippen molar-refractivity contribution in [2.45, 2.75) is 25.4 Å². The molecule has 0 aliphatic heterocycles. The molecule has 2 aromatic rings. The predicted octanol–water partition coefficient (Wildman–Crippen LogP) is 6.01. The Balaban J connectivity index is 1.71. The average Bonchev–Trinajstić information content (AvgIpc) is 3.08. The summed E-state index contributed by atoms with van der Waals surface area (Å²) < 4.78 is 42.5. The van der Waals surface area contributed by atoms with Crippen LogP contribution in [-0.2, 0) is 6.18 Å². The maximum Gasteiger partial charge on any atom is 0.416 e. The first kappa shape index (κ1) is 19.7. The molecular weight excluding hydrogens is 357 g/mol. The predicted molar refractivity (Wildman–Crippen MR) is 99.9 cm³/mol. The quantitative estimate of drug-likeness (QED) is 0.470. The molecule has 0 atom stereocenters. The van der Waals surface area contributed by atoms with Gasteiger partial charge in [-0.2, -0.15) is 13.2 Å². The zero-order valence-electron chi connectivity index (χ0n) is 14.2. The number of allylic oxidation sites excluding steroid dienone is 1. The molecular formula is C21H17F3OS. The minimum atomic E-state index is -4.31. The van der Waals surface area contributed by atoms with E-state index in [0.717, 1.165) is 41.3 Å². The van der Waals surface area contributed by atoms with Crippen molar-refractivity contribution in [1.82, 2.24) is 0 Å². The second kappa shape index (κ2) is 9.75. The SMILES string of the molecule is COc1ccc(C#CCCCC#C/C=C/c2ccc(C(F)(F)F)cc2)s1. The van der Waals surface area contributed by atoms with E-state index in [9.17, 15) is 13.2 Å². The van der Waals surface area contributed by atoms with Crippen molar-refractivity contribution in [1.29, 1.82) is 0 Å². The molecule has 0 saturated heterocycles. The molecule has 1 aromatic heterocycles. The van der Waals surface area contributed by atoms with Gasteiger partial charge in [-0.15, -0.1) is 0 Å². The summed E-state index contributed by atoms with van der Waals surface area (Å²) in [6.45, 7) is 0. The molecule has 0 bridgehead atoms. The van der Waals surface area contributed by atoms with Crippen LogP contribution in [0.25, 0.3) is 6.08 Å². The van der Waals surface area contributed by atoms with Gasteiger partial charge in [-0.1, -0.05) is 47.2 Å². The van der Waals surface area contributed by atoms with Gasteiger partial charge < -0.3 is 4.74 Å². The van der Waals surface area contributed by atoms with Crippen LogP contribution in [0.4, 0.5) is 13.2 Å². The number of unbranched alkanes of at least 4 members (excludes halogenated alkanes) is 2. The van der Waals surface area contributed by atoms with Crippen molar-refractivity contribution in [2.75, 3.05) is 7.11 Å². The lowest BCUT2D eigenvalue weighted by Crippen LogP contribution is -2.03. The number of benzene rings is 1. The van der Waals surface area contributed by atoms with E-state index in [1.54, 1.807) is 19.3 Å². The van der Waals surface area contributed by atoms with Gasteiger partial charge in [0.1, 0.15) is 0 Å². The van der Waals surface area contributed by atoms with Gasteiger partial charge in [-0.05, 0) is 48.4 Å². The van der Waals surface area contributed by atoms with Gasteiger partial charge in [0.05, 0.1) is 17.6 Å². The van der Waals surface area contributed by atoms with E-state index in [4.69, 9.17) is 4.74 Å². The minimum Gasteiger partial charge on any atom is -0.487 e. The van der Waals surface area contributed by atoms with Crippen molar-refractivity contribution in [3.63, 3.8) is 0 Å². The molecule has 1 heterocycles. The monoisotopic (exact) mass is 374 g/mol. The molecule has 5 heteroatoms. The van der Waals surface area contributed by atoms with Gasteiger partial charge in [0.2, 0.25) is 0 Å². The van der Waals surface area contributed by atoms with Crippen molar-refractivity contribution >= 4 is 17.4 Å². The molecule has 0 unspecified atom stereocenters. The van der Waals surface area contributed by atoms with Gasteiger partial charge in [-0.25, -0.2) is 0 Å². The maximum atomic E-state index is 12.5. The van der Waals surface area contributed by atoms with Gasteiger partial charge in [0, 0.05) is 12.8 Å². The van der Waals surface area contributed by atoms with Gasteiger partial charge in [0.15, 0.2) is 5.06 Å². The molecule has 1 aromatic carbocycles. The summed E-state index contributed by atoms with van der Waals surface area (Å²) in [6.07, 6.45) is 1.39. The van der Waals surface area contributed by atoms with Crippen LogP contribution in [0.2, 0.25) is 0 Å². The number of thiophene rings is 1. The number of halogens is 3. The Kier molecular flexibility index (Phi) is 7.38. The van der Waals surface area contributed by atoms with E-state index < -0.39 is 11.7 Å². The number of hydrogen-bond donors (Lipinski definition) is 0. The lowest BCUT2D eigenvalue weighted by Gasteiger charge is -2.05. The van der Waals surface area contributed by atoms with Crippen molar-refractivity contribution in [3.8, 4) is 28.7 Å². The van der Waals surface area contributed by atoms with Gasteiger partial charge in [0.25, 0.3) is 0 Å². The van der Waals surface area contributed by atoms with E-state index >= 15 is 0 Å². The second-order valence-electron chi connectivity index (χ2n) is 5.25. The molecule has 0 aliphatic carbocycles.